The van der Waals surface area contributed by atoms with Crippen molar-refractivity contribution in [3.8, 4) is 0 Å². The molecule has 1 saturated carbocycles. The Bertz CT molecular complexity index is 171. The number of piperidine rings is 1. The maximum Gasteiger partial charge on any atom is 0.317 e. The van der Waals surface area contributed by atoms with E-state index in [9.17, 15) is 4.79 Å². The minimum absolute atomic E-state index is 0.164. The molecule has 2 fully saturated rings. The lowest BCUT2D eigenvalue weighted by Gasteiger charge is -2.26. The molecule has 2 rings (SSSR count). The summed E-state index contributed by atoms with van der Waals surface area (Å²) in [5.74, 6) is 0. The molecule has 0 atom stereocenters. The molecule has 2 aliphatic rings. The second-order valence-corrected chi connectivity index (χ2v) is 3.77. The van der Waals surface area contributed by atoms with Crippen molar-refractivity contribution in [1.82, 2.24) is 10.2 Å². The molecule has 1 saturated heterocycles. The summed E-state index contributed by atoms with van der Waals surface area (Å²) in [7, 11) is 0. The van der Waals surface area contributed by atoms with Gasteiger partial charge >= 0.3 is 6.03 Å². The molecule has 1 aliphatic heterocycles. The molecule has 68 valence electrons. The Balaban J connectivity index is 1.76. The number of carbonyl (C=O) groups excluding carboxylic acids is 1. The molecule has 0 aromatic rings. The van der Waals surface area contributed by atoms with Crippen molar-refractivity contribution in [3.05, 3.63) is 0 Å². The Kier molecular flexibility index (Phi) is 2.19. The lowest BCUT2D eigenvalue weighted by atomic mass is 10.1. The quantitative estimate of drug-likeness (QED) is 0.629. The molecule has 0 radical (unpaired) electrons. The highest BCUT2D eigenvalue weighted by atomic mass is 16.2. The van der Waals surface area contributed by atoms with Crippen molar-refractivity contribution in [1.29, 1.82) is 0 Å². The summed E-state index contributed by atoms with van der Waals surface area (Å²) in [4.78, 5) is 13.4. The van der Waals surface area contributed by atoms with E-state index in [1.54, 1.807) is 0 Å². The van der Waals surface area contributed by atoms with Gasteiger partial charge in [-0.1, -0.05) is 0 Å². The van der Waals surface area contributed by atoms with Crippen LogP contribution >= 0.6 is 0 Å². The predicted octanol–water partition coefficient (Wildman–Crippen LogP) is 1.34. The van der Waals surface area contributed by atoms with Gasteiger partial charge in [-0.25, -0.2) is 4.79 Å². The average molecular weight is 168 g/mol. The van der Waals surface area contributed by atoms with Gasteiger partial charge in [-0.3, -0.25) is 0 Å². The van der Waals surface area contributed by atoms with E-state index >= 15 is 0 Å². The molecule has 0 aromatic carbocycles. The van der Waals surface area contributed by atoms with Crippen LogP contribution in [0, 0.1) is 0 Å². The van der Waals surface area contributed by atoms with Crippen LogP contribution in [0.1, 0.15) is 32.1 Å². The number of carbonyl (C=O) groups is 1. The monoisotopic (exact) mass is 168 g/mol. The fraction of sp³-hybridized carbons (Fsp3) is 0.889. The van der Waals surface area contributed by atoms with Crippen LogP contribution in [0.25, 0.3) is 0 Å². The van der Waals surface area contributed by atoms with Crippen LogP contribution in [0.3, 0.4) is 0 Å². The second kappa shape index (κ2) is 3.33. The molecule has 3 nitrogen and oxygen atoms in total. The van der Waals surface area contributed by atoms with E-state index in [0.29, 0.717) is 6.04 Å². The molecule has 3 heteroatoms. The molecule has 1 N–H and O–H groups in total. The van der Waals surface area contributed by atoms with Gasteiger partial charge in [0.2, 0.25) is 0 Å². The minimum Gasteiger partial charge on any atom is -0.335 e. The number of hydrogen-bond acceptors (Lipinski definition) is 1. The maximum absolute atomic E-state index is 11.5. The first kappa shape index (κ1) is 7.90. The first-order valence-corrected chi connectivity index (χ1v) is 4.92. The summed E-state index contributed by atoms with van der Waals surface area (Å²) < 4.78 is 0. The van der Waals surface area contributed by atoms with Gasteiger partial charge in [-0.05, 0) is 32.1 Å². The van der Waals surface area contributed by atoms with Gasteiger partial charge in [0.05, 0.1) is 0 Å². The minimum atomic E-state index is 0.164. The SMILES string of the molecule is O=C(NC1CC1)N1CCCCC1. The second-order valence-electron chi connectivity index (χ2n) is 3.77. The number of nitrogens with one attached hydrogen (secondary N) is 1. The molecular formula is C9H16N2O. The highest BCUT2D eigenvalue weighted by Gasteiger charge is 2.26. The Morgan fingerprint density at radius 1 is 1.17 bits per heavy atom. The topological polar surface area (TPSA) is 32.3 Å². The number of nitrogens with zero attached hydrogens (tertiary/aromatic N) is 1. The van der Waals surface area contributed by atoms with Gasteiger partial charge in [0.1, 0.15) is 0 Å². The van der Waals surface area contributed by atoms with Crippen LogP contribution in [0.5, 0.6) is 0 Å². The highest BCUT2D eigenvalue weighted by Crippen LogP contribution is 2.19. The van der Waals surface area contributed by atoms with E-state index in [2.05, 4.69) is 5.32 Å². The van der Waals surface area contributed by atoms with E-state index in [1.165, 1.54) is 32.1 Å². The molecule has 2 amide bonds. The van der Waals surface area contributed by atoms with Gasteiger partial charge in [-0.2, -0.15) is 0 Å². The Morgan fingerprint density at radius 3 is 2.42 bits per heavy atom. The van der Waals surface area contributed by atoms with Gasteiger partial charge in [0.25, 0.3) is 0 Å². The first-order valence-electron chi connectivity index (χ1n) is 4.92. The van der Waals surface area contributed by atoms with Crippen LogP contribution in [0.2, 0.25) is 0 Å². The molecule has 1 heterocycles. The van der Waals surface area contributed by atoms with Crippen LogP contribution in [-0.2, 0) is 0 Å². The van der Waals surface area contributed by atoms with Gasteiger partial charge in [0.15, 0.2) is 0 Å². The summed E-state index contributed by atoms with van der Waals surface area (Å²) in [5.41, 5.74) is 0. The molecule has 0 aromatic heterocycles. The van der Waals surface area contributed by atoms with E-state index in [-0.39, 0.29) is 6.03 Å². The lowest BCUT2D eigenvalue weighted by Crippen LogP contribution is -2.43. The Hall–Kier alpha value is -0.730. The fourth-order valence-corrected chi connectivity index (χ4v) is 1.59. The summed E-state index contributed by atoms with van der Waals surface area (Å²) in [6.07, 6.45) is 6.00. The van der Waals surface area contributed by atoms with Crippen molar-refractivity contribution in [2.45, 2.75) is 38.1 Å². The molecule has 1 aliphatic carbocycles. The zero-order chi connectivity index (χ0) is 8.39. The lowest BCUT2D eigenvalue weighted by molar-refractivity contribution is 0.186. The number of rotatable bonds is 1. The van der Waals surface area contributed by atoms with Crippen molar-refractivity contribution in [2.24, 2.45) is 0 Å². The van der Waals surface area contributed by atoms with Gasteiger partial charge in [0, 0.05) is 19.1 Å². The fourth-order valence-electron chi connectivity index (χ4n) is 1.59. The highest BCUT2D eigenvalue weighted by molar-refractivity contribution is 5.74. The Labute approximate surface area is 73.1 Å². The summed E-state index contributed by atoms with van der Waals surface area (Å²) in [5, 5.41) is 3.01. The third-order valence-corrected chi connectivity index (χ3v) is 2.55. The van der Waals surface area contributed by atoms with Crippen LogP contribution in [0.4, 0.5) is 4.79 Å². The largest absolute Gasteiger partial charge is 0.335 e. The molecule has 0 spiro atoms. The summed E-state index contributed by atoms with van der Waals surface area (Å²) >= 11 is 0. The number of urea groups is 1. The number of likely N-dealkylation sites (tertiary alicyclic amines) is 1. The molecular weight excluding hydrogens is 152 g/mol. The van der Waals surface area contributed by atoms with Gasteiger partial charge < -0.3 is 10.2 Å². The zero-order valence-electron chi connectivity index (χ0n) is 7.38. The van der Waals surface area contributed by atoms with Crippen LogP contribution in [-0.4, -0.2) is 30.1 Å². The molecule has 12 heavy (non-hydrogen) atoms. The van der Waals surface area contributed by atoms with E-state index in [1.807, 2.05) is 4.90 Å². The van der Waals surface area contributed by atoms with Crippen LogP contribution < -0.4 is 5.32 Å². The smallest absolute Gasteiger partial charge is 0.317 e. The normalized spacial score (nSPS) is 23.8. The van der Waals surface area contributed by atoms with Crippen molar-refractivity contribution >= 4 is 6.03 Å². The third-order valence-electron chi connectivity index (χ3n) is 2.55. The van der Waals surface area contributed by atoms with Crippen LogP contribution in [0.15, 0.2) is 0 Å². The number of hydrogen-bond donors (Lipinski definition) is 1. The Morgan fingerprint density at radius 2 is 1.83 bits per heavy atom. The van der Waals surface area contributed by atoms with E-state index in [4.69, 9.17) is 0 Å². The molecule has 0 unspecified atom stereocenters. The van der Waals surface area contributed by atoms with E-state index < -0.39 is 0 Å². The van der Waals surface area contributed by atoms with E-state index in [0.717, 1.165) is 13.1 Å². The zero-order valence-corrected chi connectivity index (χ0v) is 7.38. The summed E-state index contributed by atoms with van der Waals surface area (Å²) in [6, 6.07) is 0.664. The van der Waals surface area contributed by atoms with Crippen molar-refractivity contribution < 1.29 is 4.79 Å². The van der Waals surface area contributed by atoms with Crippen molar-refractivity contribution in [2.75, 3.05) is 13.1 Å². The molecule has 0 bridgehead atoms. The standard InChI is InChI=1S/C9H16N2O/c12-9(10-8-4-5-8)11-6-2-1-3-7-11/h8H,1-7H2,(H,10,12). The average Bonchev–Trinajstić information content (AvgIpc) is 2.90. The third kappa shape index (κ3) is 1.90. The predicted molar refractivity (Wildman–Crippen MR) is 47.0 cm³/mol. The van der Waals surface area contributed by atoms with Gasteiger partial charge in [-0.15, -0.1) is 0 Å². The first-order chi connectivity index (χ1) is 5.86. The summed E-state index contributed by atoms with van der Waals surface area (Å²) in [6.45, 7) is 1.91. The van der Waals surface area contributed by atoms with Crippen molar-refractivity contribution in [3.63, 3.8) is 0 Å². The maximum atomic E-state index is 11.5. The number of amides is 2.